The minimum Gasteiger partial charge on any atom is -0.493 e. The molecule has 2 aliphatic carbocycles. The van der Waals surface area contributed by atoms with Crippen LogP contribution >= 0.6 is 0 Å². The third-order valence-corrected chi connectivity index (χ3v) is 8.53. The largest absolute Gasteiger partial charge is 0.493 e. The van der Waals surface area contributed by atoms with E-state index in [9.17, 15) is 14.7 Å². The Kier molecular flexibility index (Phi) is 10.4. The number of carbonyl (C=O) groups excluding carboxylic acids is 1. The smallest absolute Gasteiger partial charge is 0.329 e. The quantitative estimate of drug-likeness (QED) is 0.259. The lowest BCUT2D eigenvalue weighted by atomic mass is 9.74. The molecule has 2 aromatic carbocycles. The minimum absolute atomic E-state index is 0.167. The van der Waals surface area contributed by atoms with Crippen LogP contribution < -0.4 is 14.8 Å². The Balaban J connectivity index is 1.64. The number of ether oxygens (including phenoxy) is 4. The Hall–Kier alpha value is -3.30. The maximum Gasteiger partial charge on any atom is 0.329 e. The van der Waals surface area contributed by atoms with Gasteiger partial charge in [0.05, 0.1) is 38.1 Å². The van der Waals surface area contributed by atoms with Gasteiger partial charge in [0.2, 0.25) is 0 Å². The number of benzene rings is 2. The van der Waals surface area contributed by atoms with E-state index >= 15 is 0 Å². The second-order valence-electron chi connectivity index (χ2n) is 11.3. The summed E-state index contributed by atoms with van der Waals surface area (Å²) < 4.78 is 23.8. The molecule has 9 heteroatoms. The zero-order chi connectivity index (χ0) is 30.4. The predicted molar refractivity (Wildman–Crippen MR) is 160 cm³/mol. The second kappa shape index (κ2) is 13.8. The Labute approximate surface area is 249 Å². The molecule has 1 unspecified atom stereocenters. The number of hydrogen-bond donors (Lipinski definition) is 2. The molecule has 0 saturated heterocycles. The summed E-state index contributed by atoms with van der Waals surface area (Å²) >= 11 is 0. The van der Waals surface area contributed by atoms with Crippen LogP contribution in [0.25, 0.3) is 0 Å². The van der Waals surface area contributed by atoms with Crippen LogP contribution in [-0.2, 0) is 14.3 Å². The Morgan fingerprint density at radius 3 is 2.33 bits per heavy atom. The first-order chi connectivity index (χ1) is 20.2. The van der Waals surface area contributed by atoms with E-state index in [1.807, 2.05) is 71.0 Å². The molecule has 2 atom stereocenters. The molecule has 2 aromatic rings. The van der Waals surface area contributed by atoms with E-state index in [1.165, 1.54) is 0 Å². The van der Waals surface area contributed by atoms with Crippen molar-refractivity contribution >= 4 is 12.0 Å². The summed E-state index contributed by atoms with van der Waals surface area (Å²) in [6.07, 6.45) is 2.25. The van der Waals surface area contributed by atoms with E-state index in [0.717, 1.165) is 46.6 Å². The molecule has 2 N–H and O–H groups in total. The van der Waals surface area contributed by atoms with Gasteiger partial charge in [0.25, 0.3) is 0 Å². The lowest BCUT2D eigenvalue weighted by Gasteiger charge is -2.45. The third-order valence-electron chi connectivity index (χ3n) is 8.53. The fourth-order valence-corrected chi connectivity index (χ4v) is 5.85. The number of methoxy groups -OCH3 is 1. The topological polar surface area (TPSA) is 107 Å². The Morgan fingerprint density at radius 1 is 1.10 bits per heavy atom. The van der Waals surface area contributed by atoms with Gasteiger partial charge in [-0.3, -0.25) is 0 Å². The number of carboxylic acid groups (broad SMARTS) is 1. The maximum atomic E-state index is 13.9. The van der Waals surface area contributed by atoms with E-state index in [0.29, 0.717) is 19.1 Å². The van der Waals surface area contributed by atoms with Gasteiger partial charge in [0.15, 0.2) is 0 Å². The summed E-state index contributed by atoms with van der Waals surface area (Å²) in [5, 5.41) is 12.9. The average molecular weight is 583 g/mol. The van der Waals surface area contributed by atoms with Gasteiger partial charge in [-0.15, -0.1) is 0 Å². The van der Waals surface area contributed by atoms with Crippen molar-refractivity contribution in [3.63, 3.8) is 0 Å². The van der Waals surface area contributed by atoms with Crippen LogP contribution in [0.15, 0.2) is 36.4 Å². The number of hydrogen-bond acceptors (Lipinski definition) is 6. The van der Waals surface area contributed by atoms with Crippen LogP contribution in [0, 0.1) is 6.92 Å². The number of rotatable bonds is 15. The van der Waals surface area contributed by atoms with Crippen molar-refractivity contribution in [2.45, 2.75) is 90.0 Å². The van der Waals surface area contributed by atoms with E-state index in [1.54, 1.807) is 12.0 Å². The molecule has 2 saturated carbocycles. The number of nitrogens with one attached hydrogen (secondary N) is 1. The van der Waals surface area contributed by atoms with Crippen LogP contribution in [0.4, 0.5) is 4.79 Å². The van der Waals surface area contributed by atoms with Crippen molar-refractivity contribution in [1.82, 2.24) is 10.2 Å². The number of amides is 2. The van der Waals surface area contributed by atoms with Crippen molar-refractivity contribution in [1.29, 1.82) is 0 Å². The number of carbonyl (C=O) groups is 2. The zero-order valence-electron chi connectivity index (χ0n) is 25.8. The van der Waals surface area contributed by atoms with E-state index < -0.39 is 23.6 Å². The van der Waals surface area contributed by atoms with Gasteiger partial charge in [0, 0.05) is 32.1 Å². The molecular weight excluding hydrogens is 536 g/mol. The summed E-state index contributed by atoms with van der Waals surface area (Å²) in [5.74, 6) is 0.958. The molecule has 0 radical (unpaired) electrons. The maximum absolute atomic E-state index is 13.9. The van der Waals surface area contributed by atoms with Gasteiger partial charge in [-0.1, -0.05) is 30.3 Å². The van der Waals surface area contributed by atoms with E-state index in [4.69, 9.17) is 18.9 Å². The Morgan fingerprint density at radius 2 is 1.76 bits per heavy atom. The number of nitrogens with zero attached hydrogens (tertiary/aromatic N) is 1. The standard InChI is InChI=1S/C33H46N2O7/c1-7-40-28-18-27(21(3)30(41-8-2)29(28)25-14-15-25)22(4)35(16-17-42-23(5)24-12-10-9-11-13-24)32(38)34-33(31(36)37)19-26(20-33)39-6/h9-13,18,22-23,25-26H,7-8,14-17,19-20H2,1-6H3,(H,34,38)(H,36,37)/t22?,23-,26?,33?/m0/s1. The molecular formula is C33H46N2O7. The minimum atomic E-state index is -1.37. The predicted octanol–water partition coefficient (Wildman–Crippen LogP) is 6.15. The first kappa shape index (κ1) is 31.6. The highest BCUT2D eigenvalue weighted by Gasteiger charge is 2.52. The Bertz CT molecular complexity index is 1220. The van der Waals surface area contributed by atoms with Crippen molar-refractivity contribution < 1.29 is 33.6 Å². The highest BCUT2D eigenvalue weighted by molar-refractivity contribution is 5.87. The molecule has 0 spiro atoms. The van der Waals surface area contributed by atoms with Crippen molar-refractivity contribution in [2.24, 2.45) is 0 Å². The summed E-state index contributed by atoms with van der Waals surface area (Å²) in [6.45, 7) is 11.4. The number of aliphatic carboxylic acids is 1. The molecule has 2 fully saturated rings. The monoisotopic (exact) mass is 582 g/mol. The fraction of sp³-hybridized carbons (Fsp3) is 0.576. The van der Waals surface area contributed by atoms with Crippen LogP contribution in [-0.4, -0.2) is 67.1 Å². The highest BCUT2D eigenvalue weighted by atomic mass is 16.5. The van der Waals surface area contributed by atoms with Gasteiger partial charge >= 0.3 is 12.0 Å². The van der Waals surface area contributed by atoms with Crippen LogP contribution in [0.5, 0.6) is 11.5 Å². The van der Waals surface area contributed by atoms with Crippen LogP contribution in [0.3, 0.4) is 0 Å². The third kappa shape index (κ3) is 6.84. The summed E-state index contributed by atoms with van der Waals surface area (Å²) in [6, 6.07) is 11.1. The van der Waals surface area contributed by atoms with Gasteiger partial charge in [-0.25, -0.2) is 9.59 Å². The van der Waals surface area contributed by atoms with Gasteiger partial charge in [0.1, 0.15) is 17.0 Å². The molecule has 0 aromatic heterocycles. The number of urea groups is 1. The fourth-order valence-electron chi connectivity index (χ4n) is 5.85. The summed E-state index contributed by atoms with van der Waals surface area (Å²) in [7, 11) is 1.55. The molecule has 0 heterocycles. The normalized spacial score (nSPS) is 21.1. The molecule has 0 aliphatic heterocycles. The molecule has 9 nitrogen and oxygen atoms in total. The summed E-state index contributed by atoms with van der Waals surface area (Å²) in [5.41, 5.74) is 2.63. The van der Waals surface area contributed by atoms with E-state index in [2.05, 4.69) is 5.32 Å². The van der Waals surface area contributed by atoms with Crippen molar-refractivity contribution in [2.75, 3.05) is 33.5 Å². The SMILES string of the molecule is CCOc1cc(C(C)N(CCO[C@@H](C)c2ccccc2)C(=O)NC2(C(=O)O)CC(OC)C2)c(C)c(OCC)c1C1CC1. The lowest BCUT2D eigenvalue weighted by molar-refractivity contribution is -0.155. The van der Waals surface area contributed by atoms with Gasteiger partial charge in [-0.05, 0) is 76.1 Å². The molecule has 230 valence electrons. The average Bonchev–Trinajstić information content (AvgIpc) is 3.79. The molecule has 2 aliphatic rings. The lowest BCUT2D eigenvalue weighted by Crippen LogP contribution is -2.66. The second-order valence-corrected chi connectivity index (χ2v) is 11.3. The van der Waals surface area contributed by atoms with Crippen LogP contribution in [0.1, 0.15) is 93.7 Å². The summed E-state index contributed by atoms with van der Waals surface area (Å²) in [4.78, 5) is 27.9. The number of carboxylic acids is 1. The first-order valence-corrected chi connectivity index (χ1v) is 15.1. The molecule has 2 amide bonds. The molecule has 4 rings (SSSR count). The van der Waals surface area contributed by atoms with Gasteiger partial charge in [-0.2, -0.15) is 0 Å². The zero-order valence-corrected chi connectivity index (χ0v) is 25.8. The first-order valence-electron chi connectivity index (χ1n) is 15.1. The molecule has 42 heavy (non-hydrogen) atoms. The van der Waals surface area contributed by atoms with Crippen LogP contribution in [0.2, 0.25) is 0 Å². The van der Waals surface area contributed by atoms with E-state index in [-0.39, 0.29) is 38.2 Å². The van der Waals surface area contributed by atoms with Crippen molar-refractivity contribution in [3.05, 3.63) is 58.7 Å². The van der Waals surface area contributed by atoms with Gasteiger partial charge < -0.3 is 34.3 Å². The molecule has 0 bridgehead atoms. The van der Waals surface area contributed by atoms with Crippen molar-refractivity contribution in [3.8, 4) is 11.5 Å². The highest BCUT2D eigenvalue weighted by Crippen LogP contribution is 2.51.